The monoisotopic (exact) mass is 215 g/mol. The number of carbonyl (C=O) groups excluding carboxylic acids is 1. The molecule has 0 fully saturated rings. The highest BCUT2D eigenvalue weighted by Crippen LogP contribution is 1.91. The van der Waals surface area contributed by atoms with Crippen LogP contribution in [-0.4, -0.2) is 18.1 Å². The summed E-state index contributed by atoms with van der Waals surface area (Å²) in [5, 5.41) is 9.75. The van der Waals surface area contributed by atoms with Gasteiger partial charge in [-0.05, 0) is 19.9 Å². The zero-order valence-electron chi connectivity index (χ0n) is 10.8. The van der Waals surface area contributed by atoms with Gasteiger partial charge in [-0.1, -0.05) is 32.9 Å². The normalized spacial score (nSPS) is 9.67. The van der Waals surface area contributed by atoms with E-state index in [1.807, 2.05) is 52.8 Å². The van der Waals surface area contributed by atoms with Crippen LogP contribution in [0.4, 0.5) is 0 Å². The SMILES string of the molecule is C/C=C\C(=C/C)NC(=O)CC.CC.CO. The van der Waals surface area contributed by atoms with E-state index in [1.165, 1.54) is 0 Å². The van der Waals surface area contributed by atoms with Gasteiger partial charge in [0.25, 0.3) is 0 Å². The summed E-state index contributed by atoms with van der Waals surface area (Å²) in [7, 11) is 1.00. The molecule has 0 spiro atoms. The molecule has 0 aliphatic rings. The van der Waals surface area contributed by atoms with Crippen molar-refractivity contribution in [2.45, 2.75) is 41.0 Å². The van der Waals surface area contributed by atoms with Crippen LogP contribution in [-0.2, 0) is 4.79 Å². The molecule has 0 aliphatic carbocycles. The molecule has 0 radical (unpaired) electrons. The van der Waals surface area contributed by atoms with Crippen molar-refractivity contribution in [3.63, 3.8) is 0 Å². The molecule has 1 amide bonds. The largest absolute Gasteiger partial charge is 0.400 e. The Morgan fingerprint density at radius 3 is 2.00 bits per heavy atom. The third-order valence-corrected chi connectivity index (χ3v) is 1.26. The Hall–Kier alpha value is -1.09. The van der Waals surface area contributed by atoms with E-state index < -0.39 is 0 Å². The minimum absolute atomic E-state index is 0.0520. The predicted molar refractivity (Wildman–Crippen MR) is 66.5 cm³/mol. The molecule has 0 unspecified atom stereocenters. The van der Waals surface area contributed by atoms with E-state index in [9.17, 15) is 4.79 Å². The molecule has 3 heteroatoms. The minimum Gasteiger partial charge on any atom is -0.400 e. The van der Waals surface area contributed by atoms with E-state index in [4.69, 9.17) is 5.11 Å². The highest BCUT2D eigenvalue weighted by atomic mass is 16.2. The standard InChI is InChI=1S/C9H15NO.C2H6.CH4O/c1-4-7-8(5-2)10-9(11)6-3;2*1-2/h4-5,7H,6H2,1-3H3,(H,10,11);1-2H3;2H,1H3/b7-4-,8-5+;;. The van der Waals surface area contributed by atoms with Gasteiger partial charge in [0.1, 0.15) is 0 Å². The summed E-state index contributed by atoms with van der Waals surface area (Å²) in [6, 6.07) is 0. The number of aliphatic hydroxyl groups is 1. The summed E-state index contributed by atoms with van der Waals surface area (Å²) in [4.78, 5) is 10.9. The molecular weight excluding hydrogens is 190 g/mol. The second kappa shape index (κ2) is 18.6. The predicted octanol–water partition coefficient (Wildman–Crippen LogP) is 2.63. The number of nitrogens with one attached hydrogen (secondary N) is 1. The molecule has 0 heterocycles. The lowest BCUT2D eigenvalue weighted by Crippen LogP contribution is -2.20. The van der Waals surface area contributed by atoms with E-state index in [1.54, 1.807) is 0 Å². The van der Waals surface area contributed by atoms with Crippen molar-refractivity contribution in [3.8, 4) is 0 Å². The van der Waals surface area contributed by atoms with Crippen molar-refractivity contribution in [1.29, 1.82) is 0 Å². The summed E-state index contributed by atoms with van der Waals surface area (Å²) in [6.07, 6.45) is 6.15. The number of allylic oxidation sites excluding steroid dienone is 3. The van der Waals surface area contributed by atoms with E-state index >= 15 is 0 Å². The van der Waals surface area contributed by atoms with Gasteiger partial charge in [0.05, 0.1) is 0 Å². The lowest BCUT2D eigenvalue weighted by atomic mass is 10.3. The minimum atomic E-state index is 0.0520. The number of rotatable bonds is 3. The Labute approximate surface area is 93.9 Å². The van der Waals surface area contributed by atoms with E-state index in [-0.39, 0.29) is 5.91 Å². The molecule has 2 N–H and O–H groups in total. The first kappa shape index (κ1) is 19.5. The van der Waals surface area contributed by atoms with Crippen LogP contribution in [0.5, 0.6) is 0 Å². The first-order valence-corrected chi connectivity index (χ1v) is 5.28. The fourth-order valence-electron chi connectivity index (χ4n) is 0.639. The highest BCUT2D eigenvalue weighted by molar-refractivity contribution is 5.77. The summed E-state index contributed by atoms with van der Waals surface area (Å²) in [6.45, 7) is 9.64. The topological polar surface area (TPSA) is 49.3 Å². The molecule has 0 atom stereocenters. The smallest absolute Gasteiger partial charge is 0.224 e. The van der Waals surface area contributed by atoms with Gasteiger partial charge >= 0.3 is 0 Å². The van der Waals surface area contributed by atoms with E-state index in [2.05, 4.69) is 5.32 Å². The Balaban J connectivity index is -0.000000318. The molecule has 0 aromatic carbocycles. The van der Waals surface area contributed by atoms with Crippen molar-refractivity contribution in [3.05, 3.63) is 23.9 Å². The lowest BCUT2D eigenvalue weighted by Gasteiger charge is -2.01. The van der Waals surface area contributed by atoms with Crippen molar-refractivity contribution >= 4 is 5.91 Å². The average molecular weight is 215 g/mol. The number of carbonyl (C=O) groups is 1. The van der Waals surface area contributed by atoms with Gasteiger partial charge in [0.2, 0.25) is 5.91 Å². The highest BCUT2D eigenvalue weighted by Gasteiger charge is 1.95. The molecule has 0 saturated carbocycles. The maximum absolute atomic E-state index is 10.9. The molecular formula is C12H25NO2. The summed E-state index contributed by atoms with van der Waals surface area (Å²) < 4.78 is 0. The summed E-state index contributed by atoms with van der Waals surface area (Å²) in [5.41, 5.74) is 0.861. The molecule has 0 aromatic rings. The van der Waals surface area contributed by atoms with Crippen LogP contribution in [0.2, 0.25) is 0 Å². The van der Waals surface area contributed by atoms with Crippen molar-refractivity contribution in [1.82, 2.24) is 5.32 Å². The Morgan fingerprint density at radius 1 is 1.27 bits per heavy atom. The van der Waals surface area contributed by atoms with Gasteiger partial charge in [-0.3, -0.25) is 4.79 Å². The number of hydrogen-bond acceptors (Lipinski definition) is 2. The maximum Gasteiger partial charge on any atom is 0.224 e. The quantitative estimate of drug-likeness (QED) is 0.711. The Kier molecular flexibility index (Phi) is 24.2. The van der Waals surface area contributed by atoms with Crippen LogP contribution in [0, 0.1) is 0 Å². The van der Waals surface area contributed by atoms with Gasteiger partial charge in [-0.25, -0.2) is 0 Å². The van der Waals surface area contributed by atoms with Crippen molar-refractivity contribution in [2.75, 3.05) is 7.11 Å². The zero-order valence-corrected chi connectivity index (χ0v) is 10.8. The average Bonchev–Trinajstić information content (AvgIpc) is 2.33. The molecule has 0 bridgehead atoms. The van der Waals surface area contributed by atoms with Gasteiger partial charge in [-0.15, -0.1) is 0 Å². The molecule has 0 saturated heterocycles. The second-order valence-corrected chi connectivity index (χ2v) is 2.15. The van der Waals surface area contributed by atoms with Crippen LogP contribution >= 0.6 is 0 Å². The first-order chi connectivity index (χ1) is 7.24. The molecule has 3 nitrogen and oxygen atoms in total. The number of amides is 1. The lowest BCUT2D eigenvalue weighted by molar-refractivity contribution is -0.120. The van der Waals surface area contributed by atoms with Gasteiger partial charge in [-0.2, -0.15) is 0 Å². The second-order valence-electron chi connectivity index (χ2n) is 2.15. The maximum atomic E-state index is 10.9. The fourth-order valence-corrected chi connectivity index (χ4v) is 0.639. The zero-order chi connectivity index (χ0) is 12.7. The van der Waals surface area contributed by atoms with Crippen LogP contribution in [0.25, 0.3) is 0 Å². The van der Waals surface area contributed by atoms with Crippen molar-refractivity contribution in [2.24, 2.45) is 0 Å². The molecule has 15 heavy (non-hydrogen) atoms. The van der Waals surface area contributed by atoms with Crippen LogP contribution in [0.3, 0.4) is 0 Å². The van der Waals surface area contributed by atoms with Gasteiger partial charge < -0.3 is 10.4 Å². The number of hydrogen-bond donors (Lipinski definition) is 2. The molecule has 0 rings (SSSR count). The van der Waals surface area contributed by atoms with Crippen LogP contribution < -0.4 is 5.32 Å². The van der Waals surface area contributed by atoms with E-state index in [0.717, 1.165) is 12.8 Å². The molecule has 0 aromatic heterocycles. The number of aliphatic hydroxyl groups excluding tert-OH is 1. The molecule has 90 valence electrons. The fraction of sp³-hybridized carbons (Fsp3) is 0.583. The van der Waals surface area contributed by atoms with Gasteiger partial charge in [0, 0.05) is 19.2 Å². The third-order valence-electron chi connectivity index (χ3n) is 1.26. The molecule has 0 aliphatic heterocycles. The Bertz CT molecular complexity index is 184. The summed E-state index contributed by atoms with van der Waals surface area (Å²) in [5.74, 6) is 0.0520. The van der Waals surface area contributed by atoms with Gasteiger partial charge in [0.15, 0.2) is 0 Å². The summed E-state index contributed by atoms with van der Waals surface area (Å²) >= 11 is 0. The van der Waals surface area contributed by atoms with E-state index in [0.29, 0.717) is 6.42 Å². The Morgan fingerprint density at radius 2 is 1.73 bits per heavy atom. The van der Waals surface area contributed by atoms with Crippen LogP contribution in [0.1, 0.15) is 41.0 Å². The third kappa shape index (κ3) is 15.6. The van der Waals surface area contributed by atoms with Crippen molar-refractivity contribution < 1.29 is 9.90 Å². The first-order valence-electron chi connectivity index (χ1n) is 5.28. The van der Waals surface area contributed by atoms with Crippen LogP contribution in [0.15, 0.2) is 23.9 Å².